The summed E-state index contributed by atoms with van der Waals surface area (Å²) >= 11 is 5.44. The maximum Gasteiger partial charge on any atom is 1.00 e. The second-order valence-electron chi connectivity index (χ2n) is 3.35. The molecular weight excluding hydrogens is 294 g/mol. The Morgan fingerprint density at radius 1 is 1.22 bits per heavy atom. The molecule has 94 valence electrons. The van der Waals surface area contributed by atoms with E-state index in [1.54, 1.807) is 0 Å². The fourth-order valence-corrected chi connectivity index (χ4v) is 1.26. The molecule has 0 saturated heterocycles. The molecule has 0 aliphatic heterocycles. The smallest absolute Gasteiger partial charge is 0.494 e. The molecule has 0 unspecified atom stereocenters. The van der Waals surface area contributed by atoms with Gasteiger partial charge < -0.3 is 22.5 Å². The van der Waals surface area contributed by atoms with E-state index >= 15 is 0 Å². The monoisotopic (exact) mass is 304 g/mol. The van der Waals surface area contributed by atoms with Gasteiger partial charge in [-0.25, -0.2) is 0 Å². The summed E-state index contributed by atoms with van der Waals surface area (Å²) in [7, 11) is 0. The molecular formula is C10H10BClF3KO2. The molecule has 18 heavy (non-hydrogen) atoms. The molecule has 0 atom stereocenters. The van der Waals surface area contributed by atoms with Crippen LogP contribution < -0.4 is 56.1 Å². The predicted molar refractivity (Wildman–Crippen MR) is 60.7 cm³/mol. The number of halogens is 4. The van der Waals surface area contributed by atoms with Gasteiger partial charge in [0.1, 0.15) is 11.4 Å². The summed E-state index contributed by atoms with van der Waals surface area (Å²) in [6, 6.07) is 4.88. The van der Waals surface area contributed by atoms with Gasteiger partial charge in [0.15, 0.2) is 0 Å². The quantitative estimate of drug-likeness (QED) is 0.428. The molecule has 1 rings (SSSR count). The summed E-state index contributed by atoms with van der Waals surface area (Å²) in [6.45, 7) is -5.09. The van der Waals surface area contributed by atoms with E-state index in [-0.39, 0.29) is 56.9 Å². The first kappa shape index (κ1) is 18.5. The van der Waals surface area contributed by atoms with Crippen LogP contribution in [-0.4, -0.2) is 25.1 Å². The van der Waals surface area contributed by atoms with Gasteiger partial charge in [0.2, 0.25) is 0 Å². The Hall–Kier alpha value is 0.471. The molecule has 0 saturated carbocycles. The van der Waals surface area contributed by atoms with Gasteiger partial charge in [0, 0.05) is 5.88 Å². The van der Waals surface area contributed by atoms with Crippen molar-refractivity contribution in [2.75, 3.05) is 12.5 Å². The summed E-state index contributed by atoms with van der Waals surface area (Å²) in [6.07, 6.45) is 0.647. The molecule has 0 heterocycles. The fourth-order valence-electron chi connectivity index (χ4n) is 1.15. The zero-order valence-corrected chi connectivity index (χ0v) is 13.7. The van der Waals surface area contributed by atoms with E-state index < -0.39 is 12.7 Å². The van der Waals surface area contributed by atoms with Crippen LogP contribution in [0, 0.1) is 0 Å². The number of hydrogen-bond donors (Lipinski definition) is 0. The molecule has 0 bridgehead atoms. The first-order valence-corrected chi connectivity index (χ1v) is 5.51. The van der Waals surface area contributed by atoms with Gasteiger partial charge in [-0.15, -0.1) is 11.6 Å². The van der Waals surface area contributed by atoms with Gasteiger partial charge in [-0.05, 0) is 24.1 Å². The average molecular weight is 305 g/mol. The van der Waals surface area contributed by atoms with Gasteiger partial charge in [-0.3, -0.25) is 0 Å². The zero-order valence-electron chi connectivity index (χ0n) is 9.84. The molecule has 2 nitrogen and oxygen atoms in total. The second-order valence-corrected chi connectivity index (χ2v) is 3.73. The van der Waals surface area contributed by atoms with E-state index in [2.05, 4.69) is 0 Å². The van der Waals surface area contributed by atoms with Crippen molar-refractivity contribution >= 4 is 24.3 Å². The number of rotatable bonds is 6. The largest absolute Gasteiger partial charge is 1.00 e. The standard InChI is InChI=1S/C10H10BClF3O2.K/c12-6-1-7-17-9-4-2-8(3-5-9)10(16)11(13,14)15;/h2-5H,1,6-7H2;/q-1;+1. The number of hydrogen-bond acceptors (Lipinski definition) is 2. The number of ether oxygens (including phenoxy) is 1. The van der Waals surface area contributed by atoms with Crippen LogP contribution in [0.5, 0.6) is 5.75 Å². The van der Waals surface area contributed by atoms with Crippen LogP contribution in [0.25, 0.3) is 0 Å². The summed E-state index contributed by atoms with van der Waals surface area (Å²) in [5, 5.41) is 0. The Bertz CT molecular complexity index is 384. The van der Waals surface area contributed by atoms with Gasteiger partial charge in [-0.2, -0.15) is 0 Å². The van der Waals surface area contributed by atoms with Crippen molar-refractivity contribution in [1.29, 1.82) is 0 Å². The molecule has 0 aromatic heterocycles. The minimum Gasteiger partial charge on any atom is -0.494 e. The Labute approximate surface area is 151 Å². The van der Waals surface area contributed by atoms with Crippen molar-refractivity contribution in [2.45, 2.75) is 6.42 Å². The molecule has 0 spiro atoms. The summed E-state index contributed by atoms with van der Waals surface area (Å²) in [4.78, 5) is 10.9. The zero-order chi connectivity index (χ0) is 12.9. The van der Waals surface area contributed by atoms with E-state index in [1.807, 2.05) is 0 Å². The summed E-state index contributed by atoms with van der Waals surface area (Å²) in [5.74, 6) is 0.869. The second kappa shape index (κ2) is 8.60. The van der Waals surface area contributed by atoms with Crippen LogP contribution in [0.2, 0.25) is 0 Å². The number of alkyl halides is 1. The molecule has 0 radical (unpaired) electrons. The van der Waals surface area contributed by atoms with Crippen LogP contribution in [-0.2, 0) is 0 Å². The van der Waals surface area contributed by atoms with Crippen LogP contribution >= 0.6 is 11.6 Å². The summed E-state index contributed by atoms with van der Waals surface area (Å²) in [5.41, 5.74) is -2.17. The van der Waals surface area contributed by atoms with Crippen LogP contribution in [0.3, 0.4) is 0 Å². The van der Waals surface area contributed by atoms with E-state index in [1.165, 1.54) is 12.1 Å². The maximum absolute atomic E-state index is 12.2. The van der Waals surface area contributed by atoms with Gasteiger partial charge >= 0.3 is 58.4 Å². The van der Waals surface area contributed by atoms with E-state index in [0.29, 0.717) is 24.7 Å². The molecule has 0 aliphatic carbocycles. The van der Waals surface area contributed by atoms with Crippen LogP contribution in [0.4, 0.5) is 12.9 Å². The molecule has 1 aromatic rings. The fraction of sp³-hybridized carbons (Fsp3) is 0.300. The van der Waals surface area contributed by atoms with Crippen molar-refractivity contribution in [1.82, 2.24) is 0 Å². The first-order chi connectivity index (χ1) is 7.95. The van der Waals surface area contributed by atoms with Crippen molar-refractivity contribution in [3.05, 3.63) is 29.8 Å². The topological polar surface area (TPSA) is 26.3 Å². The van der Waals surface area contributed by atoms with E-state index in [9.17, 15) is 17.7 Å². The Morgan fingerprint density at radius 3 is 2.22 bits per heavy atom. The summed E-state index contributed by atoms with van der Waals surface area (Å²) < 4.78 is 41.6. The minimum absolute atomic E-state index is 0. The normalized spacial score (nSPS) is 10.7. The van der Waals surface area contributed by atoms with Gasteiger partial charge in [0.05, 0.1) is 6.61 Å². The number of benzene rings is 1. The Kier molecular flexibility index (Phi) is 8.83. The van der Waals surface area contributed by atoms with E-state index in [0.717, 1.165) is 12.1 Å². The van der Waals surface area contributed by atoms with Crippen molar-refractivity contribution in [3.63, 3.8) is 0 Å². The molecule has 8 heteroatoms. The molecule has 0 aliphatic rings. The maximum atomic E-state index is 12.2. The van der Waals surface area contributed by atoms with Gasteiger partial charge in [0.25, 0.3) is 0 Å². The van der Waals surface area contributed by atoms with E-state index in [4.69, 9.17) is 16.3 Å². The van der Waals surface area contributed by atoms with Crippen molar-refractivity contribution in [2.24, 2.45) is 0 Å². The predicted octanol–water partition coefficient (Wildman–Crippen LogP) is 0.268. The number of carbonyl (C=O) groups is 1. The molecule has 1 aromatic carbocycles. The first-order valence-electron chi connectivity index (χ1n) is 4.98. The third kappa shape index (κ3) is 6.08. The third-order valence-corrected chi connectivity index (χ3v) is 2.25. The molecule has 0 fully saturated rings. The van der Waals surface area contributed by atoms with Crippen molar-refractivity contribution in [3.8, 4) is 5.75 Å². The minimum atomic E-state index is -5.48. The average Bonchev–Trinajstić information content (AvgIpc) is 2.28. The van der Waals surface area contributed by atoms with Gasteiger partial charge in [-0.1, -0.05) is 12.1 Å². The van der Waals surface area contributed by atoms with Crippen LogP contribution in [0.1, 0.15) is 16.8 Å². The molecule has 0 amide bonds. The SMILES string of the molecule is O=C(c1ccc(OCCCCl)cc1)[B-](F)(F)F.[K+]. The Morgan fingerprint density at radius 2 is 1.78 bits per heavy atom. The van der Waals surface area contributed by atoms with Crippen molar-refractivity contribution < 1.29 is 73.9 Å². The molecule has 0 N–H and O–H groups in total. The van der Waals surface area contributed by atoms with Crippen LogP contribution in [0.15, 0.2) is 24.3 Å². The number of carbonyl (C=O) groups excluding carboxylic acids is 1. The Balaban J connectivity index is 0.00000289. The third-order valence-electron chi connectivity index (χ3n) is 1.98.